The van der Waals surface area contributed by atoms with Crippen molar-refractivity contribution in [3.05, 3.63) is 82.4 Å². The lowest BCUT2D eigenvalue weighted by Crippen LogP contribution is -2.47. The van der Waals surface area contributed by atoms with Crippen LogP contribution in [-0.2, 0) is 42.0 Å². The average Bonchev–Trinajstić information content (AvgIpc) is 3.48. The molecule has 3 heterocycles. The first-order valence-corrected chi connectivity index (χ1v) is 13.2. The molecule has 0 radical (unpaired) electrons. The van der Waals surface area contributed by atoms with E-state index >= 15 is 0 Å². The van der Waals surface area contributed by atoms with Crippen molar-refractivity contribution in [1.82, 2.24) is 19.4 Å². The van der Waals surface area contributed by atoms with Crippen molar-refractivity contribution in [3.63, 3.8) is 0 Å². The summed E-state index contributed by atoms with van der Waals surface area (Å²) in [4.78, 5) is 57.1. The SMILES string of the molecule is O=C1CCC(N2C(=O)c3cccc(OCc4ccc(CN5CCn6cc(C(F)(F)F)nc6C5)cc4)c3C2=O)C(=O)C1. The molecule has 0 bridgehead atoms. The Morgan fingerprint density at radius 3 is 2.44 bits per heavy atom. The van der Waals surface area contributed by atoms with Gasteiger partial charge in [-0.05, 0) is 29.7 Å². The predicted molar refractivity (Wildman–Crippen MR) is 137 cm³/mol. The van der Waals surface area contributed by atoms with E-state index < -0.39 is 35.5 Å². The minimum absolute atomic E-state index is 0.107. The van der Waals surface area contributed by atoms with Gasteiger partial charge in [-0.1, -0.05) is 30.3 Å². The number of hydrogen-bond acceptors (Lipinski definition) is 7. The second-order valence-electron chi connectivity index (χ2n) is 10.4. The number of imidazole rings is 1. The van der Waals surface area contributed by atoms with Crippen molar-refractivity contribution in [2.45, 2.75) is 57.7 Å². The molecule has 0 saturated heterocycles. The van der Waals surface area contributed by atoms with Gasteiger partial charge in [0.05, 0.1) is 30.1 Å². The van der Waals surface area contributed by atoms with Crippen molar-refractivity contribution in [2.24, 2.45) is 0 Å². The Hall–Kier alpha value is -4.32. The Balaban J connectivity index is 1.09. The highest BCUT2D eigenvalue weighted by molar-refractivity contribution is 6.24. The summed E-state index contributed by atoms with van der Waals surface area (Å²) in [6.07, 6.45) is -3.42. The summed E-state index contributed by atoms with van der Waals surface area (Å²) in [5.74, 6) is -1.18. The third-order valence-electron chi connectivity index (χ3n) is 7.65. The highest BCUT2D eigenvalue weighted by atomic mass is 19.4. The molecule has 6 rings (SSSR count). The molecule has 212 valence electrons. The molecule has 1 aliphatic carbocycles. The zero-order valence-electron chi connectivity index (χ0n) is 21.8. The van der Waals surface area contributed by atoms with E-state index in [1.54, 1.807) is 16.7 Å². The van der Waals surface area contributed by atoms with E-state index in [4.69, 9.17) is 4.74 Å². The van der Waals surface area contributed by atoms with Crippen LogP contribution in [0.1, 0.15) is 62.6 Å². The summed E-state index contributed by atoms with van der Waals surface area (Å²) in [7, 11) is 0. The van der Waals surface area contributed by atoms with Crippen LogP contribution in [0.3, 0.4) is 0 Å². The van der Waals surface area contributed by atoms with Crippen LogP contribution in [0.2, 0.25) is 0 Å². The number of Topliss-reactive ketones (excluding diaryl/α,β-unsaturated/α-hetero) is 2. The fourth-order valence-electron chi connectivity index (χ4n) is 5.54. The molecular formula is C29H25F3N4O5. The monoisotopic (exact) mass is 566 g/mol. The number of hydrogen-bond donors (Lipinski definition) is 0. The number of rotatable bonds is 6. The number of halogens is 3. The topological polar surface area (TPSA) is 102 Å². The molecular weight excluding hydrogens is 541 g/mol. The molecule has 0 spiro atoms. The molecule has 3 aliphatic rings. The zero-order valence-corrected chi connectivity index (χ0v) is 21.8. The lowest BCUT2D eigenvalue weighted by atomic mass is 9.92. The highest BCUT2D eigenvalue weighted by Crippen LogP contribution is 2.35. The maximum atomic E-state index is 13.2. The number of ether oxygens (including phenoxy) is 1. The van der Waals surface area contributed by atoms with E-state index in [0.717, 1.165) is 22.2 Å². The van der Waals surface area contributed by atoms with Crippen LogP contribution in [0.5, 0.6) is 5.75 Å². The number of amides is 2. The van der Waals surface area contributed by atoms with Gasteiger partial charge in [-0.2, -0.15) is 13.2 Å². The lowest BCUT2D eigenvalue weighted by molar-refractivity contribution is -0.141. The van der Waals surface area contributed by atoms with Gasteiger partial charge in [0.25, 0.3) is 11.8 Å². The largest absolute Gasteiger partial charge is 0.488 e. The van der Waals surface area contributed by atoms with Crippen LogP contribution in [0.15, 0.2) is 48.7 Å². The van der Waals surface area contributed by atoms with Gasteiger partial charge in [-0.15, -0.1) is 0 Å². The number of alkyl halides is 3. The molecule has 2 aliphatic heterocycles. The Morgan fingerprint density at radius 1 is 0.951 bits per heavy atom. The van der Waals surface area contributed by atoms with Crippen molar-refractivity contribution in [3.8, 4) is 5.75 Å². The Bertz CT molecular complexity index is 1560. The van der Waals surface area contributed by atoms with Crippen LogP contribution in [0, 0.1) is 0 Å². The van der Waals surface area contributed by atoms with Crippen LogP contribution in [-0.4, -0.2) is 55.3 Å². The second kappa shape index (κ2) is 10.3. The minimum Gasteiger partial charge on any atom is -0.488 e. The van der Waals surface area contributed by atoms with Gasteiger partial charge < -0.3 is 9.30 Å². The first kappa shape index (κ1) is 26.9. The van der Waals surface area contributed by atoms with E-state index in [-0.39, 0.29) is 48.5 Å². The predicted octanol–water partition coefficient (Wildman–Crippen LogP) is 3.78. The van der Waals surface area contributed by atoms with Crippen molar-refractivity contribution < 1.29 is 37.1 Å². The fraction of sp³-hybridized carbons (Fsp3) is 0.345. The zero-order chi connectivity index (χ0) is 28.9. The number of carbonyl (C=O) groups excluding carboxylic acids is 4. The second-order valence-corrected chi connectivity index (χ2v) is 10.4. The van der Waals surface area contributed by atoms with E-state index in [1.165, 1.54) is 6.07 Å². The average molecular weight is 567 g/mol. The first-order chi connectivity index (χ1) is 19.6. The van der Waals surface area contributed by atoms with Gasteiger partial charge in [0.1, 0.15) is 24.0 Å². The van der Waals surface area contributed by atoms with Gasteiger partial charge in [-0.3, -0.25) is 29.0 Å². The summed E-state index contributed by atoms with van der Waals surface area (Å²) >= 11 is 0. The van der Waals surface area contributed by atoms with Gasteiger partial charge >= 0.3 is 6.18 Å². The number of benzene rings is 2. The molecule has 1 aromatic heterocycles. The number of fused-ring (bicyclic) bond motifs is 2. The number of imide groups is 1. The molecule has 1 unspecified atom stereocenters. The van der Waals surface area contributed by atoms with Crippen molar-refractivity contribution >= 4 is 23.4 Å². The lowest BCUT2D eigenvalue weighted by Gasteiger charge is -2.27. The van der Waals surface area contributed by atoms with Crippen molar-refractivity contribution in [1.29, 1.82) is 0 Å². The molecule has 1 saturated carbocycles. The third kappa shape index (κ3) is 5.15. The molecule has 9 nitrogen and oxygen atoms in total. The summed E-state index contributed by atoms with van der Waals surface area (Å²) < 4.78 is 46.5. The molecule has 1 atom stereocenters. The summed E-state index contributed by atoms with van der Waals surface area (Å²) in [6.45, 7) is 2.00. The summed E-state index contributed by atoms with van der Waals surface area (Å²) in [6, 6.07) is 11.3. The molecule has 12 heteroatoms. The summed E-state index contributed by atoms with van der Waals surface area (Å²) in [5, 5.41) is 0. The standard InChI is InChI=1S/C29H25F3N4O5/c30-29(31,32)24-14-35-11-10-34(15-25(35)33-24)13-17-4-6-18(7-5-17)16-41-23-3-1-2-20-26(23)28(40)36(27(20)39)21-9-8-19(37)12-22(21)38/h1-7,14,21H,8-13,15-16H2. The minimum atomic E-state index is -4.47. The van der Waals surface area contributed by atoms with E-state index in [0.29, 0.717) is 32.0 Å². The van der Waals surface area contributed by atoms with E-state index in [2.05, 4.69) is 4.98 Å². The van der Waals surface area contributed by atoms with Crippen LogP contribution in [0.25, 0.3) is 0 Å². The molecule has 2 amide bonds. The first-order valence-electron chi connectivity index (χ1n) is 13.2. The molecule has 3 aromatic rings. The van der Waals surface area contributed by atoms with E-state index in [9.17, 15) is 32.3 Å². The quantitative estimate of drug-likeness (QED) is 0.331. The maximum absolute atomic E-state index is 13.2. The van der Waals surface area contributed by atoms with Crippen LogP contribution in [0.4, 0.5) is 13.2 Å². The normalized spacial score (nSPS) is 19.5. The van der Waals surface area contributed by atoms with Gasteiger partial charge in [0.2, 0.25) is 0 Å². The number of ketones is 2. The smallest absolute Gasteiger partial charge is 0.434 e. The molecule has 0 N–H and O–H groups in total. The summed E-state index contributed by atoms with van der Waals surface area (Å²) in [5.41, 5.74) is 1.18. The van der Waals surface area contributed by atoms with Crippen LogP contribution < -0.4 is 4.74 Å². The number of aromatic nitrogens is 2. The van der Waals surface area contributed by atoms with Gasteiger partial charge in [-0.25, -0.2) is 4.98 Å². The van der Waals surface area contributed by atoms with E-state index in [1.807, 2.05) is 29.2 Å². The highest BCUT2D eigenvalue weighted by Gasteiger charge is 2.45. The molecule has 2 aromatic carbocycles. The maximum Gasteiger partial charge on any atom is 0.434 e. The number of carbonyl (C=O) groups is 4. The van der Waals surface area contributed by atoms with Crippen molar-refractivity contribution in [2.75, 3.05) is 6.54 Å². The fourth-order valence-corrected chi connectivity index (χ4v) is 5.54. The molecule has 41 heavy (non-hydrogen) atoms. The van der Waals surface area contributed by atoms with Gasteiger partial charge in [0, 0.05) is 32.3 Å². The van der Waals surface area contributed by atoms with Crippen LogP contribution >= 0.6 is 0 Å². The molecule has 1 fully saturated rings. The van der Waals surface area contributed by atoms with Gasteiger partial charge in [0.15, 0.2) is 11.5 Å². The Morgan fingerprint density at radius 2 is 1.71 bits per heavy atom. The number of nitrogens with zero attached hydrogens (tertiary/aromatic N) is 4. The Labute approximate surface area is 232 Å². The third-order valence-corrected chi connectivity index (χ3v) is 7.65. The Kier molecular flexibility index (Phi) is 6.72.